The van der Waals surface area contributed by atoms with Crippen molar-refractivity contribution in [2.75, 3.05) is 23.7 Å². The third kappa shape index (κ3) is 9.06. The number of sulfonamides is 1. The average Bonchev–Trinajstić information content (AvgIpc) is 2.83. The van der Waals surface area contributed by atoms with Gasteiger partial charge in [-0.3, -0.25) is 13.9 Å². The first kappa shape index (κ1) is 31.7. The summed E-state index contributed by atoms with van der Waals surface area (Å²) in [6.45, 7) is 7.99. The van der Waals surface area contributed by atoms with E-state index in [1.54, 1.807) is 42.5 Å². The molecule has 210 valence electrons. The van der Waals surface area contributed by atoms with Gasteiger partial charge in [0.1, 0.15) is 11.8 Å². The Hall–Kier alpha value is -2.49. The van der Waals surface area contributed by atoms with Gasteiger partial charge in [-0.25, -0.2) is 8.42 Å². The van der Waals surface area contributed by atoms with E-state index < -0.39 is 16.1 Å². The smallest absolute Gasteiger partial charge is 0.243 e. The number of carbonyl (C=O) groups excluding carboxylic acids is 2. The zero-order valence-corrected chi connectivity index (χ0v) is 24.9. The fourth-order valence-corrected chi connectivity index (χ4v) is 5.35. The fourth-order valence-electron chi connectivity index (χ4n) is 4.06. The molecule has 38 heavy (non-hydrogen) atoms. The highest BCUT2D eigenvalue weighted by Gasteiger charge is 2.29. The van der Waals surface area contributed by atoms with E-state index in [1.807, 2.05) is 27.7 Å². The second-order valence-electron chi connectivity index (χ2n) is 9.20. The first-order valence-corrected chi connectivity index (χ1v) is 15.2. The summed E-state index contributed by atoms with van der Waals surface area (Å²) in [4.78, 5) is 28.0. The van der Waals surface area contributed by atoms with E-state index in [-0.39, 0.29) is 43.8 Å². The van der Waals surface area contributed by atoms with Gasteiger partial charge < -0.3 is 15.0 Å². The van der Waals surface area contributed by atoms with Crippen molar-refractivity contribution in [1.29, 1.82) is 0 Å². The molecule has 0 bridgehead atoms. The van der Waals surface area contributed by atoms with Crippen molar-refractivity contribution >= 4 is 50.7 Å². The van der Waals surface area contributed by atoms with Gasteiger partial charge in [0, 0.05) is 25.6 Å². The molecule has 8 nitrogen and oxygen atoms in total. The Labute approximate surface area is 236 Å². The Bertz CT molecular complexity index is 1210. The fraction of sp³-hybridized carbons (Fsp3) is 0.481. The maximum absolute atomic E-state index is 13.5. The van der Waals surface area contributed by atoms with Crippen LogP contribution in [0.15, 0.2) is 42.5 Å². The number of amides is 2. The standard InChI is InChI=1S/C27H37Cl2N3O5S/c1-6-23(27(34)30-19(3)4)31(18-20-14-15-21(28)22(29)17-20)26(33)13-10-16-32(38(5,35)36)24-11-8-9-12-25(24)37-7-2/h8-9,11-12,14-15,17,19,23H,6-7,10,13,16,18H2,1-5H3,(H,30,34). The van der Waals surface area contributed by atoms with Crippen LogP contribution in [0.2, 0.25) is 10.0 Å². The summed E-state index contributed by atoms with van der Waals surface area (Å²) < 4.78 is 32.2. The van der Waals surface area contributed by atoms with Crippen molar-refractivity contribution in [1.82, 2.24) is 10.2 Å². The molecule has 0 saturated heterocycles. The van der Waals surface area contributed by atoms with Crippen molar-refractivity contribution in [2.24, 2.45) is 0 Å². The van der Waals surface area contributed by atoms with Crippen LogP contribution >= 0.6 is 23.2 Å². The highest BCUT2D eigenvalue weighted by atomic mass is 35.5. The number of halogens is 2. The second kappa shape index (κ2) is 14.6. The molecule has 2 rings (SSSR count). The second-order valence-corrected chi connectivity index (χ2v) is 11.9. The molecule has 1 unspecified atom stereocenters. The number of nitrogens with zero attached hydrogens (tertiary/aromatic N) is 2. The van der Waals surface area contributed by atoms with E-state index in [4.69, 9.17) is 27.9 Å². The molecule has 2 aromatic rings. The Kier molecular flexibility index (Phi) is 12.2. The lowest BCUT2D eigenvalue weighted by Gasteiger charge is -2.32. The minimum Gasteiger partial charge on any atom is -0.492 e. The topological polar surface area (TPSA) is 96.0 Å². The molecule has 0 radical (unpaired) electrons. The molecule has 2 amide bonds. The lowest BCUT2D eigenvalue weighted by atomic mass is 10.1. The van der Waals surface area contributed by atoms with Crippen molar-refractivity contribution < 1.29 is 22.7 Å². The molecule has 0 heterocycles. The molecule has 2 aromatic carbocycles. The van der Waals surface area contributed by atoms with Gasteiger partial charge in [-0.1, -0.05) is 48.3 Å². The third-order valence-electron chi connectivity index (χ3n) is 5.74. The maximum Gasteiger partial charge on any atom is 0.243 e. The molecular formula is C27H37Cl2N3O5S. The van der Waals surface area contributed by atoms with Crippen LogP contribution in [-0.4, -0.2) is 56.6 Å². The zero-order chi connectivity index (χ0) is 28.5. The maximum atomic E-state index is 13.5. The van der Waals surface area contributed by atoms with Gasteiger partial charge in [0.25, 0.3) is 0 Å². The zero-order valence-electron chi connectivity index (χ0n) is 22.5. The minimum absolute atomic E-state index is 0.0373. The summed E-state index contributed by atoms with van der Waals surface area (Å²) in [6.07, 6.45) is 1.81. The Morgan fingerprint density at radius 2 is 1.74 bits per heavy atom. The largest absolute Gasteiger partial charge is 0.492 e. The lowest BCUT2D eigenvalue weighted by molar-refractivity contribution is -0.141. The summed E-state index contributed by atoms with van der Waals surface area (Å²) >= 11 is 12.2. The number of hydrogen-bond acceptors (Lipinski definition) is 5. The number of hydrogen-bond donors (Lipinski definition) is 1. The first-order chi connectivity index (χ1) is 17.9. The van der Waals surface area contributed by atoms with Crippen LogP contribution in [0.1, 0.15) is 52.5 Å². The van der Waals surface area contributed by atoms with E-state index in [2.05, 4.69) is 5.32 Å². The number of para-hydroxylation sites is 2. The summed E-state index contributed by atoms with van der Waals surface area (Å²) in [5, 5.41) is 3.64. The van der Waals surface area contributed by atoms with Crippen LogP contribution in [0.25, 0.3) is 0 Å². The third-order valence-corrected chi connectivity index (χ3v) is 7.66. The van der Waals surface area contributed by atoms with E-state index in [1.165, 1.54) is 9.21 Å². The SMILES string of the molecule is CCOc1ccccc1N(CCCC(=O)N(Cc1ccc(Cl)c(Cl)c1)C(CC)C(=O)NC(C)C)S(C)(=O)=O. The van der Waals surface area contributed by atoms with E-state index in [9.17, 15) is 18.0 Å². The van der Waals surface area contributed by atoms with Crippen molar-refractivity contribution in [3.8, 4) is 5.75 Å². The molecule has 0 aliphatic carbocycles. The molecule has 0 aliphatic heterocycles. The summed E-state index contributed by atoms with van der Waals surface area (Å²) in [6, 6.07) is 11.2. The van der Waals surface area contributed by atoms with Gasteiger partial charge in [0.2, 0.25) is 21.8 Å². The molecule has 1 N–H and O–H groups in total. The Morgan fingerprint density at radius 3 is 2.32 bits per heavy atom. The molecule has 0 fully saturated rings. The van der Waals surface area contributed by atoms with Gasteiger partial charge in [-0.15, -0.1) is 0 Å². The van der Waals surface area contributed by atoms with E-state index in [0.717, 1.165) is 11.8 Å². The van der Waals surface area contributed by atoms with Gasteiger partial charge in [0.15, 0.2) is 0 Å². The molecule has 0 aliphatic rings. The molecule has 1 atom stereocenters. The molecular weight excluding hydrogens is 549 g/mol. The van der Waals surface area contributed by atoms with Crippen LogP contribution in [0.4, 0.5) is 5.69 Å². The molecule has 0 aromatic heterocycles. The Morgan fingerprint density at radius 1 is 1.05 bits per heavy atom. The predicted octanol–water partition coefficient (Wildman–Crippen LogP) is 5.27. The van der Waals surface area contributed by atoms with Crippen molar-refractivity contribution in [3.63, 3.8) is 0 Å². The minimum atomic E-state index is -3.65. The van der Waals surface area contributed by atoms with Crippen LogP contribution in [0.5, 0.6) is 5.75 Å². The normalized spacial score (nSPS) is 12.2. The van der Waals surface area contributed by atoms with Gasteiger partial charge in [-0.2, -0.15) is 0 Å². The predicted molar refractivity (Wildman–Crippen MR) is 153 cm³/mol. The van der Waals surface area contributed by atoms with Crippen molar-refractivity contribution in [3.05, 3.63) is 58.1 Å². The van der Waals surface area contributed by atoms with Crippen LogP contribution in [0, 0.1) is 0 Å². The lowest BCUT2D eigenvalue weighted by Crippen LogP contribution is -2.50. The number of rotatable bonds is 14. The highest BCUT2D eigenvalue weighted by molar-refractivity contribution is 7.92. The van der Waals surface area contributed by atoms with Gasteiger partial charge >= 0.3 is 0 Å². The Balaban J connectivity index is 2.28. The number of nitrogens with one attached hydrogen (secondary N) is 1. The highest BCUT2D eigenvalue weighted by Crippen LogP contribution is 2.30. The average molecular weight is 587 g/mol. The molecule has 0 spiro atoms. The quantitative estimate of drug-likeness (QED) is 0.326. The van der Waals surface area contributed by atoms with Crippen LogP contribution in [-0.2, 0) is 26.2 Å². The molecule has 11 heteroatoms. The first-order valence-electron chi connectivity index (χ1n) is 12.6. The summed E-state index contributed by atoms with van der Waals surface area (Å²) in [5.74, 6) is -0.0721. The number of ether oxygens (including phenoxy) is 1. The number of carbonyl (C=O) groups is 2. The van der Waals surface area contributed by atoms with Gasteiger partial charge in [-0.05, 0) is 63.4 Å². The van der Waals surface area contributed by atoms with Crippen molar-refractivity contribution in [2.45, 2.75) is 65.6 Å². The summed E-state index contributed by atoms with van der Waals surface area (Å²) in [7, 11) is -3.65. The number of anilines is 1. The van der Waals surface area contributed by atoms with Crippen LogP contribution in [0.3, 0.4) is 0 Å². The molecule has 0 saturated carbocycles. The monoisotopic (exact) mass is 585 g/mol. The summed E-state index contributed by atoms with van der Waals surface area (Å²) in [5.41, 5.74) is 1.15. The van der Waals surface area contributed by atoms with E-state index >= 15 is 0 Å². The van der Waals surface area contributed by atoms with E-state index in [0.29, 0.717) is 34.5 Å². The van der Waals surface area contributed by atoms with Crippen LogP contribution < -0.4 is 14.4 Å². The van der Waals surface area contributed by atoms with Gasteiger partial charge in [0.05, 0.1) is 28.6 Å². The number of benzene rings is 2.